The molecule has 0 atom stereocenters. The van der Waals surface area contributed by atoms with Gasteiger partial charge in [0.2, 0.25) is 5.91 Å². The lowest BCUT2D eigenvalue weighted by atomic mass is 10.2. The first-order chi connectivity index (χ1) is 12.8. The second-order valence-electron chi connectivity index (χ2n) is 5.85. The Balaban J connectivity index is 1.95. The van der Waals surface area contributed by atoms with Gasteiger partial charge in [0, 0.05) is 30.6 Å². The maximum atomic E-state index is 11.8. The number of nitrogens with one attached hydrogen (secondary N) is 2. The molecule has 0 fully saturated rings. The maximum Gasteiger partial charge on any atom is 0.331 e. The first-order valence-corrected chi connectivity index (χ1v) is 8.26. The van der Waals surface area contributed by atoms with E-state index in [1.807, 2.05) is 37.5 Å². The Morgan fingerprint density at radius 2 is 1.96 bits per heavy atom. The maximum absolute atomic E-state index is 11.8. The van der Waals surface area contributed by atoms with Crippen molar-refractivity contribution in [1.82, 2.24) is 20.4 Å². The number of ether oxygens (including phenoxy) is 1. The second-order valence-corrected chi connectivity index (χ2v) is 5.85. The lowest BCUT2D eigenvalue weighted by Crippen LogP contribution is -2.37. The molecule has 0 bridgehead atoms. The summed E-state index contributed by atoms with van der Waals surface area (Å²) in [7, 11) is 1.46. The highest BCUT2D eigenvalue weighted by atomic mass is 16.5. The normalized spacial score (nSPS) is 10.8. The summed E-state index contributed by atoms with van der Waals surface area (Å²) < 4.78 is 11.9. The molecule has 2 aromatic heterocycles. The van der Waals surface area contributed by atoms with Crippen LogP contribution in [0.2, 0.25) is 0 Å². The van der Waals surface area contributed by atoms with Crippen molar-refractivity contribution in [2.75, 3.05) is 20.2 Å². The Morgan fingerprint density at radius 3 is 2.59 bits per heavy atom. The molecule has 9 heteroatoms. The Hall–Kier alpha value is -3.36. The third kappa shape index (κ3) is 5.30. The van der Waals surface area contributed by atoms with Gasteiger partial charge in [0.1, 0.15) is 5.76 Å². The monoisotopic (exact) mass is 374 g/mol. The van der Waals surface area contributed by atoms with Crippen LogP contribution in [0.3, 0.4) is 0 Å². The molecule has 0 aliphatic heterocycles. The molecular formula is C18H22N4O5. The smallest absolute Gasteiger partial charge is 0.331 e. The molecule has 0 saturated heterocycles. The van der Waals surface area contributed by atoms with Gasteiger partial charge in [0.15, 0.2) is 12.4 Å². The Kier molecular flexibility index (Phi) is 6.53. The van der Waals surface area contributed by atoms with Crippen molar-refractivity contribution in [2.45, 2.75) is 20.8 Å². The quantitative estimate of drug-likeness (QED) is 0.547. The van der Waals surface area contributed by atoms with Gasteiger partial charge in [-0.2, -0.15) is 0 Å². The fourth-order valence-electron chi connectivity index (χ4n) is 2.43. The minimum Gasteiger partial charge on any atom is -0.452 e. The van der Waals surface area contributed by atoms with E-state index in [-0.39, 0.29) is 12.5 Å². The minimum absolute atomic E-state index is 0.170. The first kappa shape index (κ1) is 20.0. The molecule has 2 amide bonds. The fraction of sp³-hybridized carbons (Fsp3) is 0.333. The Morgan fingerprint density at radius 1 is 1.22 bits per heavy atom. The van der Waals surface area contributed by atoms with Crippen LogP contribution in [0.15, 0.2) is 22.7 Å². The van der Waals surface area contributed by atoms with Gasteiger partial charge in [0.25, 0.3) is 5.91 Å². The van der Waals surface area contributed by atoms with Crippen LogP contribution >= 0.6 is 0 Å². The van der Waals surface area contributed by atoms with Gasteiger partial charge in [-0.1, -0.05) is 5.16 Å². The van der Waals surface area contributed by atoms with Gasteiger partial charge in [0.05, 0.1) is 6.54 Å². The lowest BCUT2D eigenvalue weighted by Gasteiger charge is -2.04. The highest BCUT2D eigenvalue weighted by Crippen LogP contribution is 2.21. The zero-order valence-electron chi connectivity index (χ0n) is 15.7. The van der Waals surface area contributed by atoms with E-state index in [0.717, 1.165) is 17.0 Å². The summed E-state index contributed by atoms with van der Waals surface area (Å²) in [6.07, 6.45) is 2.85. The molecule has 2 rings (SSSR count). The molecule has 2 heterocycles. The molecular weight excluding hydrogens is 352 g/mol. The highest BCUT2D eigenvalue weighted by Gasteiger charge is 2.12. The summed E-state index contributed by atoms with van der Waals surface area (Å²) in [5.41, 5.74) is 2.63. The van der Waals surface area contributed by atoms with Crippen molar-refractivity contribution < 1.29 is 23.6 Å². The van der Waals surface area contributed by atoms with E-state index in [9.17, 15) is 14.4 Å². The Labute approximate surface area is 156 Å². The number of aryl methyl sites for hydroxylation is 2. The van der Waals surface area contributed by atoms with E-state index >= 15 is 0 Å². The molecule has 2 aromatic rings. The number of rotatable bonds is 7. The van der Waals surface area contributed by atoms with Crippen LogP contribution in [0.4, 0.5) is 0 Å². The summed E-state index contributed by atoms with van der Waals surface area (Å²) in [4.78, 5) is 34.3. The number of likely N-dealkylation sites (N-methyl/N-ethyl adjacent to an activating group) is 1. The summed E-state index contributed by atoms with van der Waals surface area (Å²) in [6.45, 7) is 5.00. The molecule has 0 radical (unpaired) electrons. The van der Waals surface area contributed by atoms with Crippen molar-refractivity contribution >= 4 is 23.9 Å². The van der Waals surface area contributed by atoms with Gasteiger partial charge in [-0.05, 0) is 38.5 Å². The van der Waals surface area contributed by atoms with Gasteiger partial charge >= 0.3 is 5.97 Å². The van der Waals surface area contributed by atoms with Crippen molar-refractivity contribution in [3.63, 3.8) is 0 Å². The summed E-state index contributed by atoms with van der Waals surface area (Å²) in [6, 6.07) is 3.72. The minimum atomic E-state index is -0.660. The molecule has 0 aliphatic carbocycles. The largest absolute Gasteiger partial charge is 0.452 e. The molecule has 2 N–H and O–H groups in total. The van der Waals surface area contributed by atoms with Crippen LogP contribution in [-0.2, 0) is 19.1 Å². The number of aromatic nitrogens is 2. The molecule has 27 heavy (non-hydrogen) atoms. The van der Waals surface area contributed by atoms with Crippen LogP contribution in [-0.4, -0.2) is 47.7 Å². The summed E-state index contributed by atoms with van der Waals surface area (Å²) in [5.74, 6) is -0.190. The van der Waals surface area contributed by atoms with E-state index in [1.54, 1.807) is 6.08 Å². The number of carbonyl (C=O) groups is 3. The van der Waals surface area contributed by atoms with E-state index in [4.69, 9.17) is 9.26 Å². The molecule has 0 aliphatic rings. The zero-order valence-corrected chi connectivity index (χ0v) is 15.7. The average Bonchev–Trinajstić information content (AvgIpc) is 3.18. The third-order valence-corrected chi connectivity index (χ3v) is 3.78. The first-order valence-electron chi connectivity index (χ1n) is 8.26. The van der Waals surface area contributed by atoms with E-state index in [0.29, 0.717) is 11.6 Å². The van der Waals surface area contributed by atoms with Gasteiger partial charge in [-0.25, -0.2) is 4.79 Å². The number of hydrogen-bond acceptors (Lipinski definition) is 6. The van der Waals surface area contributed by atoms with Crippen molar-refractivity contribution in [1.29, 1.82) is 0 Å². The molecule has 144 valence electrons. The summed E-state index contributed by atoms with van der Waals surface area (Å²) in [5, 5.41) is 8.70. The van der Waals surface area contributed by atoms with Crippen LogP contribution in [0.1, 0.15) is 22.7 Å². The summed E-state index contributed by atoms with van der Waals surface area (Å²) >= 11 is 0. The second kappa shape index (κ2) is 8.84. The molecule has 0 spiro atoms. The number of carbonyl (C=O) groups excluding carboxylic acids is 3. The van der Waals surface area contributed by atoms with Gasteiger partial charge < -0.3 is 19.9 Å². The van der Waals surface area contributed by atoms with Crippen LogP contribution in [0.5, 0.6) is 0 Å². The van der Waals surface area contributed by atoms with Crippen molar-refractivity contribution in [3.8, 4) is 5.82 Å². The van der Waals surface area contributed by atoms with E-state index in [1.165, 1.54) is 13.1 Å². The fourth-order valence-corrected chi connectivity index (χ4v) is 2.43. The van der Waals surface area contributed by atoms with Crippen LogP contribution in [0, 0.1) is 20.8 Å². The lowest BCUT2D eigenvalue weighted by molar-refractivity contribution is -0.143. The zero-order chi connectivity index (χ0) is 20.0. The predicted molar refractivity (Wildman–Crippen MR) is 97.1 cm³/mol. The van der Waals surface area contributed by atoms with Crippen LogP contribution in [0.25, 0.3) is 11.9 Å². The Bertz CT molecular complexity index is 878. The number of hydrogen-bond donors (Lipinski definition) is 2. The van der Waals surface area contributed by atoms with Crippen LogP contribution < -0.4 is 10.6 Å². The van der Waals surface area contributed by atoms with Crippen molar-refractivity contribution in [3.05, 3.63) is 40.9 Å². The molecule has 0 unspecified atom stereocenters. The predicted octanol–water partition coefficient (Wildman–Crippen LogP) is 0.809. The van der Waals surface area contributed by atoms with E-state index < -0.39 is 18.5 Å². The SMILES string of the molecule is CNC(=O)CNC(=O)COC(=O)/C=C/c1cc(C)n(-c2cc(C)on2)c1C. The molecule has 0 aromatic carbocycles. The number of nitrogens with zero attached hydrogens (tertiary/aromatic N) is 2. The van der Waals surface area contributed by atoms with E-state index in [2.05, 4.69) is 15.8 Å². The number of esters is 1. The van der Waals surface area contributed by atoms with Crippen molar-refractivity contribution in [2.24, 2.45) is 0 Å². The van der Waals surface area contributed by atoms with Gasteiger partial charge in [-0.3, -0.25) is 14.2 Å². The standard InChI is InChI=1S/C18H22N4O5/c1-11-7-14(13(3)22(11)15-8-12(2)27-21-15)5-6-18(25)26-10-17(24)20-9-16(23)19-4/h5-8H,9-10H2,1-4H3,(H,19,23)(H,20,24)/b6-5+. The molecule has 9 nitrogen and oxygen atoms in total. The topological polar surface area (TPSA) is 115 Å². The average molecular weight is 374 g/mol. The number of amides is 2. The highest BCUT2D eigenvalue weighted by molar-refractivity contribution is 5.90. The van der Waals surface area contributed by atoms with Gasteiger partial charge in [-0.15, -0.1) is 0 Å². The third-order valence-electron chi connectivity index (χ3n) is 3.78. The molecule has 0 saturated carbocycles.